The Labute approximate surface area is 222 Å². The minimum atomic E-state index is 1.34. The van der Waals surface area contributed by atoms with Gasteiger partial charge in [-0.3, -0.25) is 0 Å². The van der Waals surface area contributed by atoms with Crippen molar-refractivity contribution in [2.75, 3.05) is 0 Å². The van der Waals surface area contributed by atoms with Gasteiger partial charge in [0.25, 0.3) is 0 Å². The summed E-state index contributed by atoms with van der Waals surface area (Å²) >= 11 is 0. The van der Waals surface area contributed by atoms with Crippen molar-refractivity contribution in [2.45, 2.75) is 129 Å². The van der Waals surface area contributed by atoms with Gasteiger partial charge in [-0.25, -0.2) is 0 Å². The quantitative estimate of drug-likeness (QED) is 0.103. The summed E-state index contributed by atoms with van der Waals surface area (Å²) in [6.45, 7) is 4.59. The summed E-state index contributed by atoms with van der Waals surface area (Å²) in [6, 6.07) is 21.9. The molecule has 4 rings (SSSR count). The van der Waals surface area contributed by atoms with Crippen molar-refractivity contribution < 1.29 is 0 Å². The maximum Gasteiger partial charge on any atom is -0.00268 e. The van der Waals surface area contributed by atoms with Crippen molar-refractivity contribution in [1.82, 2.24) is 0 Å². The Bertz CT molecular complexity index is 927. The fourth-order valence-corrected chi connectivity index (χ4v) is 5.64. The standard InChI is InChI=1S/C20H42.C16H10/c1-3-5-7-9-11-13-15-17-19-20-18-16-14-12-10-8-6-4-2;1-3-11-7-9-13-5-2-6-14-10-8-12(4-1)15(11)16(13)14/h3-20H2,1-2H3;1-10H. The van der Waals surface area contributed by atoms with Crippen LogP contribution in [-0.2, 0) is 0 Å². The van der Waals surface area contributed by atoms with E-state index in [-0.39, 0.29) is 0 Å². The van der Waals surface area contributed by atoms with Crippen LogP contribution >= 0.6 is 0 Å². The molecule has 0 atom stereocenters. The topological polar surface area (TPSA) is 0 Å². The fraction of sp³-hybridized carbons (Fsp3) is 0.556. The molecule has 0 unspecified atom stereocenters. The lowest BCUT2D eigenvalue weighted by atomic mass is 9.95. The molecule has 0 heteroatoms. The van der Waals surface area contributed by atoms with Gasteiger partial charge in [0.15, 0.2) is 0 Å². The second kappa shape index (κ2) is 17.4. The fourth-order valence-electron chi connectivity index (χ4n) is 5.64. The lowest BCUT2D eigenvalue weighted by Crippen LogP contribution is -1.83. The second-order valence-electron chi connectivity index (χ2n) is 10.9. The summed E-state index contributed by atoms with van der Waals surface area (Å²) in [7, 11) is 0. The molecule has 0 amide bonds. The van der Waals surface area contributed by atoms with Gasteiger partial charge in [-0.05, 0) is 32.3 Å². The first-order valence-electron chi connectivity index (χ1n) is 15.5. The summed E-state index contributed by atoms with van der Waals surface area (Å²) < 4.78 is 0. The zero-order chi connectivity index (χ0) is 25.3. The van der Waals surface area contributed by atoms with Gasteiger partial charge in [-0.1, -0.05) is 190 Å². The molecular formula is C36H52. The lowest BCUT2D eigenvalue weighted by Gasteiger charge is -2.09. The van der Waals surface area contributed by atoms with E-state index in [0.717, 1.165) is 0 Å². The van der Waals surface area contributed by atoms with Crippen molar-refractivity contribution in [3.05, 3.63) is 60.7 Å². The van der Waals surface area contributed by atoms with Crippen LogP contribution in [0.1, 0.15) is 129 Å². The zero-order valence-corrected chi connectivity index (χ0v) is 23.5. The van der Waals surface area contributed by atoms with E-state index in [4.69, 9.17) is 0 Å². The van der Waals surface area contributed by atoms with Crippen LogP contribution in [0.3, 0.4) is 0 Å². The molecule has 0 saturated carbocycles. The Morgan fingerprint density at radius 2 is 0.528 bits per heavy atom. The van der Waals surface area contributed by atoms with Gasteiger partial charge in [0, 0.05) is 0 Å². The Morgan fingerprint density at radius 3 is 0.750 bits per heavy atom. The normalized spacial score (nSPS) is 11.4. The van der Waals surface area contributed by atoms with E-state index in [1.807, 2.05) is 0 Å². The number of rotatable bonds is 17. The van der Waals surface area contributed by atoms with E-state index in [0.29, 0.717) is 0 Å². The Balaban J connectivity index is 0.000000203. The van der Waals surface area contributed by atoms with E-state index < -0.39 is 0 Å². The Hall–Kier alpha value is -2.08. The summed E-state index contributed by atoms with van der Waals surface area (Å²) in [5, 5.41) is 8.14. The molecular weight excluding hydrogens is 432 g/mol. The number of unbranched alkanes of at least 4 members (excludes halogenated alkanes) is 17. The minimum Gasteiger partial charge on any atom is -0.0654 e. The maximum atomic E-state index is 2.30. The van der Waals surface area contributed by atoms with Gasteiger partial charge >= 0.3 is 0 Å². The molecule has 0 heterocycles. The van der Waals surface area contributed by atoms with E-state index in [2.05, 4.69) is 74.5 Å². The molecule has 0 spiro atoms. The first kappa shape index (κ1) is 28.5. The number of benzene rings is 4. The highest BCUT2D eigenvalue weighted by Gasteiger charge is 2.06. The Morgan fingerprint density at radius 1 is 0.306 bits per heavy atom. The van der Waals surface area contributed by atoms with E-state index in [9.17, 15) is 0 Å². The summed E-state index contributed by atoms with van der Waals surface area (Å²) in [5.74, 6) is 0. The zero-order valence-electron chi connectivity index (χ0n) is 23.5. The molecule has 0 aliphatic heterocycles. The van der Waals surface area contributed by atoms with E-state index in [1.165, 1.54) is 148 Å². The van der Waals surface area contributed by atoms with Crippen LogP contribution in [0.15, 0.2) is 60.7 Å². The molecule has 0 aromatic heterocycles. The molecule has 0 N–H and O–H groups in total. The van der Waals surface area contributed by atoms with Crippen LogP contribution in [-0.4, -0.2) is 0 Å². The summed E-state index contributed by atoms with van der Waals surface area (Å²) in [4.78, 5) is 0. The van der Waals surface area contributed by atoms with Gasteiger partial charge in [0.05, 0.1) is 0 Å². The van der Waals surface area contributed by atoms with Gasteiger partial charge in [-0.15, -0.1) is 0 Å². The first-order chi connectivity index (χ1) is 17.8. The molecule has 4 aromatic carbocycles. The van der Waals surface area contributed by atoms with Gasteiger partial charge < -0.3 is 0 Å². The van der Waals surface area contributed by atoms with E-state index >= 15 is 0 Å². The summed E-state index contributed by atoms with van der Waals surface area (Å²) in [6.07, 6.45) is 26.4. The predicted octanol–water partition coefficient (Wildman–Crippen LogP) is 12.6. The van der Waals surface area contributed by atoms with Crippen LogP contribution in [0, 0.1) is 0 Å². The van der Waals surface area contributed by atoms with Crippen LogP contribution in [0.25, 0.3) is 32.3 Å². The lowest BCUT2D eigenvalue weighted by molar-refractivity contribution is 0.526. The highest BCUT2D eigenvalue weighted by Crippen LogP contribution is 2.33. The highest BCUT2D eigenvalue weighted by molar-refractivity contribution is 6.22. The molecule has 0 fully saturated rings. The van der Waals surface area contributed by atoms with Crippen molar-refractivity contribution in [3.8, 4) is 0 Å². The van der Waals surface area contributed by atoms with Crippen molar-refractivity contribution in [1.29, 1.82) is 0 Å². The number of hydrogen-bond donors (Lipinski definition) is 0. The van der Waals surface area contributed by atoms with Gasteiger partial charge in [0.2, 0.25) is 0 Å². The average Bonchev–Trinajstić information content (AvgIpc) is 2.92. The van der Waals surface area contributed by atoms with Crippen molar-refractivity contribution in [2.24, 2.45) is 0 Å². The molecule has 0 bridgehead atoms. The van der Waals surface area contributed by atoms with Crippen LogP contribution in [0.4, 0.5) is 0 Å². The van der Waals surface area contributed by atoms with Gasteiger partial charge in [-0.2, -0.15) is 0 Å². The predicted molar refractivity (Wildman–Crippen MR) is 165 cm³/mol. The molecule has 0 aliphatic rings. The van der Waals surface area contributed by atoms with Crippen molar-refractivity contribution in [3.63, 3.8) is 0 Å². The van der Waals surface area contributed by atoms with Crippen LogP contribution in [0.2, 0.25) is 0 Å². The molecule has 0 aliphatic carbocycles. The molecule has 196 valence electrons. The SMILES string of the molecule is CCCCCCCCCCCCCCCCCCCC.c1cc2ccc3cccc4ccc(c1)c2c34. The molecule has 0 radical (unpaired) electrons. The Kier molecular flexibility index (Phi) is 13.8. The third kappa shape index (κ3) is 9.42. The largest absolute Gasteiger partial charge is 0.0654 e. The second-order valence-corrected chi connectivity index (χ2v) is 10.9. The minimum absolute atomic E-state index is 1.34. The first-order valence-corrected chi connectivity index (χ1v) is 15.5. The highest BCUT2D eigenvalue weighted by atomic mass is 14.1. The van der Waals surface area contributed by atoms with Crippen LogP contribution in [0.5, 0.6) is 0 Å². The third-order valence-corrected chi connectivity index (χ3v) is 7.85. The van der Waals surface area contributed by atoms with Gasteiger partial charge in [0.1, 0.15) is 0 Å². The average molecular weight is 485 g/mol. The molecule has 0 nitrogen and oxygen atoms in total. The molecule has 36 heavy (non-hydrogen) atoms. The molecule has 4 aromatic rings. The smallest absolute Gasteiger partial charge is 0.00268 e. The maximum absolute atomic E-state index is 2.30. The monoisotopic (exact) mass is 484 g/mol. The van der Waals surface area contributed by atoms with E-state index in [1.54, 1.807) is 0 Å². The van der Waals surface area contributed by atoms with Crippen LogP contribution < -0.4 is 0 Å². The number of hydrogen-bond acceptors (Lipinski definition) is 0. The third-order valence-electron chi connectivity index (χ3n) is 7.85. The van der Waals surface area contributed by atoms with Crippen molar-refractivity contribution >= 4 is 32.3 Å². The molecule has 0 saturated heterocycles. The summed E-state index contributed by atoms with van der Waals surface area (Å²) in [5.41, 5.74) is 0.